The first-order valence-electron chi connectivity index (χ1n) is 23.8. The second-order valence-electron chi connectivity index (χ2n) is 16.6. The molecule has 0 aromatic carbocycles. The first-order valence-corrected chi connectivity index (χ1v) is 26.6. The first kappa shape index (κ1) is 51.0. The molecule has 0 amide bonds. The summed E-state index contributed by atoms with van der Waals surface area (Å²) in [6, 6.07) is 0. The van der Waals surface area contributed by atoms with E-state index in [0.29, 0.717) is 0 Å². The fourth-order valence-corrected chi connectivity index (χ4v) is 8.77. The maximum atomic E-state index is 6.66. The van der Waals surface area contributed by atoms with Crippen molar-refractivity contribution >= 4 is 8.56 Å². The van der Waals surface area contributed by atoms with Gasteiger partial charge in [0.2, 0.25) is 0 Å². The molecule has 1 heterocycles. The van der Waals surface area contributed by atoms with Gasteiger partial charge >= 0.3 is 8.56 Å². The van der Waals surface area contributed by atoms with Crippen LogP contribution >= 0.6 is 0 Å². The number of hydrogen-bond donors (Lipinski definition) is 0. The standard InChI is InChI=1S/C49H93NO3Si/c1-5-7-9-11-13-15-17-19-21-23-25-27-29-31-34-41-47-51-49(43-37-32-30-28-26-24-22-20-18-16-14-12-10-8-6-2)53-54(3,4)52-48-42-35-33-38-44-50-45-39-36-40-46-50/h13-16,19-22,49H,5-12,17-18,23-48H2,1-4H3/b15-13-,16-14-,21-19-,22-20-. The zero-order valence-electron chi connectivity index (χ0n) is 36.8. The second-order valence-corrected chi connectivity index (χ2v) is 19.9. The zero-order chi connectivity index (χ0) is 38.9. The highest BCUT2D eigenvalue weighted by Crippen LogP contribution is 2.19. The van der Waals surface area contributed by atoms with Crippen molar-refractivity contribution in [1.82, 2.24) is 4.90 Å². The Morgan fingerprint density at radius 1 is 0.481 bits per heavy atom. The molecule has 1 saturated heterocycles. The van der Waals surface area contributed by atoms with Crippen LogP contribution in [0.15, 0.2) is 48.6 Å². The molecule has 1 unspecified atom stereocenters. The number of hydrogen-bond acceptors (Lipinski definition) is 4. The Labute approximate surface area is 339 Å². The van der Waals surface area contributed by atoms with Gasteiger partial charge in [0.25, 0.3) is 0 Å². The molecule has 0 aliphatic carbocycles. The molecule has 0 N–H and O–H groups in total. The molecule has 316 valence electrons. The van der Waals surface area contributed by atoms with E-state index in [4.69, 9.17) is 13.6 Å². The highest BCUT2D eigenvalue weighted by molar-refractivity contribution is 6.64. The summed E-state index contributed by atoms with van der Waals surface area (Å²) >= 11 is 0. The molecule has 1 rings (SSSR count). The average Bonchev–Trinajstić information content (AvgIpc) is 3.17. The van der Waals surface area contributed by atoms with Crippen LogP contribution in [0.25, 0.3) is 0 Å². The average molecular weight is 772 g/mol. The lowest BCUT2D eigenvalue weighted by molar-refractivity contribution is -0.104. The van der Waals surface area contributed by atoms with Crippen LogP contribution < -0.4 is 0 Å². The monoisotopic (exact) mass is 772 g/mol. The number of nitrogens with zero attached hydrogens (tertiary/aromatic N) is 1. The lowest BCUT2D eigenvalue weighted by atomic mass is 10.1. The minimum Gasteiger partial charge on any atom is -0.394 e. The summed E-state index contributed by atoms with van der Waals surface area (Å²) in [5, 5.41) is 0. The fourth-order valence-electron chi connectivity index (χ4n) is 7.25. The molecular formula is C49H93NO3Si. The van der Waals surface area contributed by atoms with Gasteiger partial charge in [-0.05, 0) is 142 Å². The van der Waals surface area contributed by atoms with Crippen LogP contribution in [-0.2, 0) is 13.6 Å². The molecule has 1 aliphatic rings. The van der Waals surface area contributed by atoms with Crippen LogP contribution in [0.4, 0.5) is 0 Å². The Morgan fingerprint density at radius 3 is 1.46 bits per heavy atom. The summed E-state index contributed by atoms with van der Waals surface area (Å²) in [6.45, 7) is 14.5. The largest absolute Gasteiger partial charge is 0.394 e. The highest BCUT2D eigenvalue weighted by Gasteiger charge is 2.29. The fraction of sp³-hybridized carbons (Fsp3) is 0.837. The van der Waals surface area contributed by atoms with Crippen LogP contribution in [0, 0.1) is 0 Å². The number of ether oxygens (including phenoxy) is 1. The predicted molar refractivity (Wildman–Crippen MR) is 242 cm³/mol. The van der Waals surface area contributed by atoms with Crippen molar-refractivity contribution in [2.24, 2.45) is 0 Å². The minimum atomic E-state index is -2.24. The third-order valence-corrected chi connectivity index (χ3v) is 12.5. The topological polar surface area (TPSA) is 30.9 Å². The summed E-state index contributed by atoms with van der Waals surface area (Å²) < 4.78 is 19.5. The van der Waals surface area contributed by atoms with Crippen molar-refractivity contribution in [2.45, 2.75) is 232 Å². The predicted octanol–water partition coefficient (Wildman–Crippen LogP) is 15.7. The van der Waals surface area contributed by atoms with Gasteiger partial charge in [0.1, 0.15) is 6.29 Å². The molecule has 0 saturated carbocycles. The Bertz CT molecular complexity index is 878. The van der Waals surface area contributed by atoms with Gasteiger partial charge in [0.15, 0.2) is 0 Å². The Morgan fingerprint density at radius 2 is 0.926 bits per heavy atom. The molecule has 0 aromatic heterocycles. The summed E-state index contributed by atoms with van der Waals surface area (Å²) in [5.74, 6) is 0. The second kappa shape index (κ2) is 40.2. The Kier molecular flexibility index (Phi) is 38.0. The van der Waals surface area contributed by atoms with Crippen molar-refractivity contribution in [3.05, 3.63) is 48.6 Å². The third kappa shape index (κ3) is 36.6. The van der Waals surface area contributed by atoms with E-state index in [-0.39, 0.29) is 6.29 Å². The lowest BCUT2D eigenvalue weighted by Crippen LogP contribution is -2.40. The van der Waals surface area contributed by atoms with Gasteiger partial charge in [-0.2, -0.15) is 0 Å². The van der Waals surface area contributed by atoms with Crippen molar-refractivity contribution in [3.63, 3.8) is 0 Å². The van der Waals surface area contributed by atoms with E-state index in [9.17, 15) is 0 Å². The molecule has 1 atom stereocenters. The van der Waals surface area contributed by atoms with Crippen LogP contribution in [-0.4, -0.2) is 52.6 Å². The third-order valence-electron chi connectivity index (χ3n) is 10.7. The van der Waals surface area contributed by atoms with Crippen molar-refractivity contribution in [2.75, 3.05) is 32.8 Å². The normalized spacial score (nSPS) is 15.3. The van der Waals surface area contributed by atoms with Crippen LogP contribution in [0.1, 0.15) is 213 Å². The van der Waals surface area contributed by atoms with E-state index in [0.717, 1.165) is 45.3 Å². The van der Waals surface area contributed by atoms with E-state index >= 15 is 0 Å². The van der Waals surface area contributed by atoms with E-state index < -0.39 is 8.56 Å². The maximum Gasteiger partial charge on any atom is 0.333 e. The molecule has 1 aliphatic heterocycles. The summed E-state index contributed by atoms with van der Waals surface area (Å²) in [4.78, 5) is 2.66. The van der Waals surface area contributed by atoms with Crippen molar-refractivity contribution in [1.29, 1.82) is 0 Å². The summed E-state index contributed by atoms with van der Waals surface area (Å²) in [7, 11) is -2.24. The van der Waals surface area contributed by atoms with Crippen LogP contribution in [0.5, 0.6) is 0 Å². The van der Waals surface area contributed by atoms with Crippen molar-refractivity contribution < 1.29 is 13.6 Å². The number of rotatable bonds is 40. The molecule has 0 aromatic rings. The van der Waals surface area contributed by atoms with E-state index in [1.54, 1.807) is 0 Å². The summed E-state index contributed by atoms with van der Waals surface area (Å²) in [5.41, 5.74) is 0. The van der Waals surface area contributed by atoms with Crippen molar-refractivity contribution in [3.8, 4) is 0 Å². The van der Waals surface area contributed by atoms with E-state index in [1.807, 2.05) is 0 Å². The van der Waals surface area contributed by atoms with Gasteiger partial charge in [0.05, 0.1) is 0 Å². The molecule has 0 bridgehead atoms. The molecule has 4 nitrogen and oxygen atoms in total. The lowest BCUT2D eigenvalue weighted by Gasteiger charge is -2.29. The van der Waals surface area contributed by atoms with Gasteiger partial charge in [0, 0.05) is 13.2 Å². The number of unbranched alkanes of at least 4 members (excludes halogenated alkanes) is 20. The SMILES string of the molecule is CCCCC/C=C\C/C=C\CCCCCCCCOC(CCCCCCC/C=C\C/C=C\CCCCC)O[Si](C)(C)OCCCCCCN1CCCCC1. The Balaban J connectivity index is 2.25. The van der Waals surface area contributed by atoms with E-state index in [2.05, 4.69) is 80.4 Å². The van der Waals surface area contributed by atoms with Gasteiger partial charge < -0.3 is 18.5 Å². The molecule has 0 spiro atoms. The minimum absolute atomic E-state index is 0.118. The van der Waals surface area contributed by atoms with Crippen LogP contribution in [0.2, 0.25) is 13.1 Å². The molecule has 1 fully saturated rings. The van der Waals surface area contributed by atoms with Gasteiger partial charge in [-0.3, -0.25) is 0 Å². The molecular weight excluding hydrogens is 679 g/mol. The van der Waals surface area contributed by atoms with Gasteiger partial charge in [-0.15, -0.1) is 0 Å². The quantitative estimate of drug-likeness (QED) is 0.0269. The highest BCUT2D eigenvalue weighted by atomic mass is 28.4. The molecule has 0 radical (unpaired) electrons. The van der Waals surface area contributed by atoms with Gasteiger partial charge in [-0.25, -0.2) is 0 Å². The number of likely N-dealkylation sites (tertiary alicyclic amines) is 1. The number of piperidine rings is 1. The van der Waals surface area contributed by atoms with Gasteiger partial charge in [-0.1, -0.05) is 152 Å². The molecule has 54 heavy (non-hydrogen) atoms. The number of allylic oxidation sites excluding steroid dienone is 8. The first-order chi connectivity index (χ1) is 26.6. The van der Waals surface area contributed by atoms with Crippen LogP contribution in [0.3, 0.4) is 0 Å². The maximum absolute atomic E-state index is 6.66. The molecule has 5 heteroatoms. The Hall–Kier alpha value is -0.983. The zero-order valence-corrected chi connectivity index (χ0v) is 37.8. The summed E-state index contributed by atoms with van der Waals surface area (Å²) in [6.07, 6.45) is 58.1. The smallest absolute Gasteiger partial charge is 0.333 e. The van der Waals surface area contributed by atoms with E-state index in [1.165, 1.54) is 187 Å².